The zero-order valence-corrected chi connectivity index (χ0v) is 9.05. The van der Waals surface area contributed by atoms with Crippen LogP contribution in [-0.2, 0) is 5.41 Å². The molecule has 0 saturated heterocycles. The molecule has 0 N–H and O–H groups in total. The van der Waals surface area contributed by atoms with Crippen molar-refractivity contribution in [2.45, 2.75) is 38.0 Å². The molecule has 1 aliphatic carbocycles. The quantitative estimate of drug-likeness (QED) is 0.748. The highest BCUT2D eigenvalue weighted by molar-refractivity contribution is 7.05. The van der Waals surface area contributed by atoms with Gasteiger partial charge in [0.2, 0.25) is 0 Å². The van der Waals surface area contributed by atoms with Crippen LogP contribution in [0.25, 0.3) is 0 Å². The number of nitrogens with zero attached hydrogens (tertiary/aromatic N) is 3. The topological polar surface area (TPSA) is 49.6 Å². The van der Waals surface area contributed by atoms with Crippen molar-refractivity contribution in [3.8, 4) is 6.07 Å². The lowest BCUT2D eigenvalue weighted by Crippen LogP contribution is -2.19. The Morgan fingerprint density at radius 3 is 3.14 bits per heavy atom. The second kappa shape index (κ2) is 3.66. The number of hydrogen-bond acceptors (Lipinski definition) is 4. The number of rotatable bonds is 2. The number of hydrogen-bond donors (Lipinski definition) is 0. The lowest BCUT2D eigenvalue weighted by Gasteiger charge is -2.16. The predicted octanol–water partition coefficient (Wildman–Crippen LogP) is 2.51. The van der Waals surface area contributed by atoms with Crippen molar-refractivity contribution in [1.82, 2.24) is 9.36 Å². The van der Waals surface area contributed by atoms with E-state index >= 15 is 0 Å². The maximum absolute atomic E-state index is 9.29. The summed E-state index contributed by atoms with van der Waals surface area (Å²) in [4.78, 5) is 4.19. The normalized spacial score (nSPS) is 31.6. The van der Waals surface area contributed by atoms with E-state index in [0.29, 0.717) is 5.92 Å². The molecule has 4 heteroatoms. The Balaban J connectivity index is 2.26. The van der Waals surface area contributed by atoms with Crippen LogP contribution in [0.3, 0.4) is 0 Å². The molecule has 1 aromatic rings. The molecule has 0 bridgehead atoms. The molecule has 0 aliphatic heterocycles. The van der Waals surface area contributed by atoms with Crippen molar-refractivity contribution in [3.05, 3.63) is 11.3 Å². The first-order chi connectivity index (χ1) is 6.80. The van der Waals surface area contributed by atoms with Crippen molar-refractivity contribution in [2.75, 3.05) is 0 Å². The van der Waals surface area contributed by atoms with Gasteiger partial charge in [-0.2, -0.15) is 9.64 Å². The maximum atomic E-state index is 9.29. The van der Waals surface area contributed by atoms with Crippen LogP contribution in [0.2, 0.25) is 0 Å². The molecule has 0 radical (unpaired) electrons. The molecule has 74 valence electrons. The fourth-order valence-corrected chi connectivity index (χ4v) is 2.92. The summed E-state index contributed by atoms with van der Waals surface area (Å²) in [6.07, 6.45) is 5.80. The fraction of sp³-hybridized carbons (Fsp3) is 0.700. The first-order valence-corrected chi connectivity index (χ1v) is 5.76. The van der Waals surface area contributed by atoms with Gasteiger partial charge in [-0.3, -0.25) is 0 Å². The standard InChI is InChI=1S/C10H13N3S/c1-2-8-3-4-10(5-8,6-11)9-12-7-13-14-9/h7-8H,2-5H2,1H3. The van der Waals surface area contributed by atoms with Gasteiger partial charge in [0.15, 0.2) is 0 Å². The van der Waals surface area contributed by atoms with E-state index in [4.69, 9.17) is 0 Å². The molecule has 0 amide bonds. The molecule has 1 aromatic heterocycles. The van der Waals surface area contributed by atoms with Gasteiger partial charge in [-0.15, -0.1) is 0 Å². The Morgan fingerprint density at radius 2 is 2.64 bits per heavy atom. The maximum Gasteiger partial charge on any atom is 0.133 e. The summed E-state index contributed by atoms with van der Waals surface area (Å²) in [6.45, 7) is 2.19. The Kier molecular flexibility index (Phi) is 2.51. The van der Waals surface area contributed by atoms with Crippen molar-refractivity contribution < 1.29 is 0 Å². The predicted molar refractivity (Wildman–Crippen MR) is 54.8 cm³/mol. The van der Waals surface area contributed by atoms with E-state index in [1.807, 2.05) is 0 Å². The largest absolute Gasteiger partial charge is 0.226 e. The summed E-state index contributed by atoms with van der Waals surface area (Å²) in [7, 11) is 0. The molecule has 1 heterocycles. The summed E-state index contributed by atoms with van der Waals surface area (Å²) in [5, 5.41) is 10.2. The van der Waals surface area contributed by atoms with Crippen LogP contribution in [0, 0.1) is 17.2 Å². The van der Waals surface area contributed by atoms with Gasteiger partial charge in [0.05, 0.1) is 6.07 Å². The Morgan fingerprint density at radius 1 is 1.79 bits per heavy atom. The Labute approximate surface area is 88.0 Å². The van der Waals surface area contributed by atoms with Crippen molar-refractivity contribution in [3.63, 3.8) is 0 Å². The lowest BCUT2D eigenvalue weighted by molar-refractivity contribution is 0.487. The first-order valence-electron chi connectivity index (χ1n) is 4.99. The lowest BCUT2D eigenvalue weighted by atomic mass is 9.87. The molecule has 2 unspecified atom stereocenters. The Bertz CT molecular complexity index is 341. The molecular formula is C10H13N3S. The molecule has 2 atom stereocenters. The third-order valence-corrected chi connectivity index (χ3v) is 4.05. The van der Waals surface area contributed by atoms with E-state index in [2.05, 4.69) is 22.4 Å². The molecule has 1 aliphatic rings. The minimum atomic E-state index is -0.318. The zero-order chi connectivity index (χ0) is 10.0. The molecule has 0 spiro atoms. The third kappa shape index (κ3) is 1.42. The van der Waals surface area contributed by atoms with Gasteiger partial charge >= 0.3 is 0 Å². The highest BCUT2D eigenvalue weighted by atomic mass is 32.1. The smallest absolute Gasteiger partial charge is 0.133 e. The van der Waals surface area contributed by atoms with Crippen molar-refractivity contribution in [1.29, 1.82) is 5.26 Å². The van der Waals surface area contributed by atoms with E-state index in [1.165, 1.54) is 18.0 Å². The monoisotopic (exact) mass is 207 g/mol. The van der Waals surface area contributed by atoms with Gasteiger partial charge < -0.3 is 0 Å². The van der Waals surface area contributed by atoms with Crippen LogP contribution in [-0.4, -0.2) is 9.36 Å². The van der Waals surface area contributed by atoms with E-state index in [1.54, 1.807) is 6.33 Å². The summed E-state index contributed by atoms with van der Waals surface area (Å²) < 4.78 is 3.99. The molecule has 14 heavy (non-hydrogen) atoms. The van der Waals surface area contributed by atoms with Gasteiger partial charge in [0.25, 0.3) is 0 Å². The average molecular weight is 207 g/mol. The fourth-order valence-electron chi connectivity index (χ4n) is 2.22. The molecule has 3 nitrogen and oxygen atoms in total. The second-order valence-electron chi connectivity index (χ2n) is 3.96. The summed E-state index contributed by atoms with van der Waals surface area (Å²) in [5.74, 6) is 0.693. The van der Waals surface area contributed by atoms with Crippen LogP contribution in [0.1, 0.15) is 37.6 Å². The zero-order valence-electron chi connectivity index (χ0n) is 8.23. The summed E-state index contributed by atoms with van der Waals surface area (Å²) in [5.41, 5.74) is -0.318. The Hall–Kier alpha value is -0.950. The second-order valence-corrected chi connectivity index (χ2v) is 4.74. The average Bonchev–Trinajstić information content (AvgIpc) is 2.87. The summed E-state index contributed by atoms with van der Waals surface area (Å²) >= 11 is 1.37. The molecule has 0 aromatic carbocycles. The molecule has 1 fully saturated rings. The first kappa shape index (κ1) is 9.60. The SMILES string of the molecule is CCC1CCC(C#N)(c2ncns2)C1. The molecule has 2 rings (SSSR count). The van der Waals surface area contributed by atoms with Gasteiger partial charge in [0, 0.05) is 0 Å². The van der Waals surface area contributed by atoms with Crippen LogP contribution in [0.15, 0.2) is 6.33 Å². The summed E-state index contributed by atoms with van der Waals surface area (Å²) in [6, 6.07) is 2.45. The number of aromatic nitrogens is 2. The van der Waals surface area contributed by atoms with E-state index in [-0.39, 0.29) is 5.41 Å². The van der Waals surface area contributed by atoms with Gasteiger partial charge in [0.1, 0.15) is 16.7 Å². The van der Waals surface area contributed by atoms with Gasteiger partial charge in [-0.1, -0.05) is 13.3 Å². The third-order valence-electron chi connectivity index (χ3n) is 3.18. The van der Waals surface area contributed by atoms with E-state index in [0.717, 1.165) is 24.3 Å². The minimum Gasteiger partial charge on any atom is -0.226 e. The van der Waals surface area contributed by atoms with Gasteiger partial charge in [-0.05, 0) is 36.7 Å². The molecular weight excluding hydrogens is 194 g/mol. The highest BCUT2D eigenvalue weighted by Gasteiger charge is 2.42. The number of nitriles is 1. The van der Waals surface area contributed by atoms with Crippen LogP contribution < -0.4 is 0 Å². The van der Waals surface area contributed by atoms with Gasteiger partial charge in [-0.25, -0.2) is 4.98 Å². The van der Waals surface area contributed by atoms with E-state index < -0.39 is 0 Å². The van der Waals surface area contributed by atoms with E-state index in [9.17, 15) is 5.26 Å². The van der Waals surface area contributed by atoms with Crippen LogP contribution >= 0.6 is 11.5 Å². The highest BCUT2D eigenvalue weighted by Crippen LogP contribution is 2.45. The molecule has 1 saturated carbocycles. The van der Waals surface area contributed by atoms with Crippen molar-refractivity contribution in [2.24, 2.45) is 5.92 Å². The van der Waals surface area contributed by atoms with Crippen LogP contribution in [0.4, 0.5) is 0 Å². The minimum absolute atomic E-state index is 0.318. The van der Waals surface area contributed by atoms with Crippen molar-refractivity contribution >= 4 is 11.5 Å². The van der Waals surface area contributed by atoms with Crippen LogP contribution in [0.5, 0.6) is 0 Å².